The number of methoxy groups -OCH3 is 1. The molecule has 0 aliphatic carbocycles. The molecule has 2 heterocycles. The van der Waals surface area contributed by atoms with Gasteiger partial charge in [0.2, 0.25) is 0 Å². The molecule has 5 nitrogen and oxygen atoms in total. The summed E-state index contributed by atoms with van der Waals surface area (Å²) in [7, 11) is 1.64. The van der Waals surface area contributed by atoms with E-state index in [1.807, 2.05) is 65.6 Å². The van der Waals surface area contributed by atoms with Gasteiger partial charge >= 0.3 is 0 Å². The van der Waals surface area contributed by atoms with Crippen LogP contribution >= 0.6 is 0 Å². The van der Waals surface area contributed by atoms with Gasteiger partial charge in [0.25, 0.3) is 5.91 Å². The highest BCUT2D eigenvalue weighted by Gasteiger charge is 2.24. The number of nitrogens with zero attached hydrogens (tertiary/aromatic N) is 3. The average molecular weight is 347 g/mol. The molecule has 5 heteroatoms. The summed E-state index contributed by atoms with van der Waals surface area (Å²) in [4.78, 5) is 15.0. The van der Waals surface area contributed by atoms with Crippen LogP contribution in [-0.2, 0) is 0 Å². The van der Waals surface area contributed by atoms with E-state index in [-0.39, 0.29) is 5.91 Å². The fourth-order valence-electron chi connectivity index (χ4n) is 3.29. The monoisotopic (exact) mass is 347 g/mol. The highest BCUT2D eigenvalue weighted by Crippen LogP contribution is 2.24. The maximum absolute atomic E-state index is 13.0. The van der Waals surface area contributed by atoms with Crippen molar-refractivity contribution >= 4 is 5.91 Å². The van der Waals surface area contributed by atoms with Gasteiger partial charge in [0.05, 0.1) is 18.5 Å². The van der Waals surface area contributed by atoms with Gasteiger partial charge in [-0.3, -0.25) is 4.79 Å². The van der Waals surface area contributed by atoms with Gasteiger partial charge < -0.3 is 9.64 Å². The van der Waals surface area contributed by atoms with Crippen molar-refractivity contribution in [2.24, 2.45) is 0 Å². The Labute approximate surface area is 152 Å². The Bertz CT molecular complexity index is 895. The van der Waals surface area contributed by atoms with Gasteiger partial charge in [-0.1, -0.05) is 30.3 Å². The lowest BCUT2D eigenvalue weighted by Crippen LogP contribution is -2.29. The number of benzene rings is 2. The van der Waals surface area contributed by atoms with Crippen LogP contribution in [0.2, 0.25) is 0 Å². The molecule has 26 heavy (non-hydrogen) atoms. The fraction of sp³-hybridized carbons (Fsp3) is 0.238. The predicted molar refractivity (Wildman–Crippen MR) is 101 cm³/mol. The number of carbonyl (C=O) groups is 1. The summed E-state index contributed by atoms with van der Waals surface area (Å²) in [6, 6.07) is 19.4. The molecule has 0 atom stereocenters. The first-order chi connectivity index (χ1) is 12.8. The standard InChI is InChI=1S/C21H21N3O2/c1-26-18-11-9-17(10-12-18)24-20(21(25)23-13-5-6-14-23)15-19(22-24)16-7-3-2-4-8-16/h2-4,7-12,15H,5-6,13-14H2,1H3. The number of hydrogen-bond donors (Lipinski definition) is 0. The molecule has 4 rings (SSSR count). The van der Waals surface area contributed by atoms with Crippen molar-refractivity contribution in [3.8, 4) is 22.7 Å². The third-order valence-electron chi connectivity index (χ3n) is 4.71. The van der Waals surface area contributed by atoms with Crippen LogP contribution in [0.5, 0.6) is 5.75 Å². The Morgan fingerprint density at radius 3 is 2.35 bits per heavy atom. The number of hydrogen-bond acceptors (Lipinski definition) is 3. The van der Waals surface area contributed by atoms with Gasteiger partial charge in [0.1, 0.15) is 11.4 Å². The summed E-state index contributed by atoms with van der Waals surface area (Å²) in [5.41, 5.74) is 3.23. The van der Waals surface area contributed by atoms with Crippen LogP contribution in [0.4, 0.5) is 0 Å². The first-order valence-electron chi connectivity index (χ1n) is 8.85. The van der Waals surface area contributed by atoms with Crippen LogP contribution in [0, 0.1) is 0 Å². The lowest BCUT2D eigenvalue weighted by Gasteiger charge is -2.16. The topological polar surface area (TPSA) is 47.4 Å². The van der Waals surface area contributed by atoms with E-state index in [4.69, 9.17) is 9.84 Å². The SMILES string of the molecule is COc1ccc(-n2nc(-c3ccccc3)cc2C(=O)N2CCCC2)cc1. The molecule has 0 spiro atoms. The molecule has 1 aromatic heterocycles. The zero-order chi connectivity index (χ0) is 17.9. The Kier molecular flexibility index (Phi) is 4.44. The third-order valence-corrected chi connectivity index (χ3v) is 4.71. The Morgan fingerprint density at radius 1 is 1.00 bits per heavy atom. The minimum absolute atomic E-state index is 0.0352. The quantitative estimate of drug-likeness (QED) is 0.721. The first-order valence-corrected chi connectivity index (χ1v) is 8.85. The van der Waals surface area contributed by atoms with Crippen LogP contribution in [-0.4, -0.2) is 40.8 Å². The molecule has 132 valence electrons. The number of rotatable bonds is 4. The van der Waals surface area contributed by atoms with Gasteiger partial charge in [-0.05, 0) is 43.2 Å². The van der Waals surface area contributed by atoms with Gasteiger partial charge in [-0.25, -0.2) is 4.68 Å². The molecule has 1 aliphatic rings. The second-order valence-corrected chi connectivity index (χ2v) is 6.39. The minimum atomic E-state index is 0.0352. The molecule has 0 unspecified atom stereocenters. The van der Waals surface area contributed by atoms with E-state index in [9.17, 15) is 4.79 Å². The molecule has 1 saturated heterocycles. The molecule has 0 radical (unpaired) electrons. The summed E-state index contributed by atoms with van der Waals surface area (Å²) in [6.45, 7) is 1.63. The van der Waals surface area contributed by atoms with Crippen molar-refractivity contribution in [1.82, 2.24) is 14.7 Å². The van der Waals surface area contributed by atoms with Gasteiger partial charge in [-0.2, -0.15) is 5.10 Å². The minimum Gasteiger partial charge on any atom is -0.497 e. The van der Waals surface area contributed by atoms with Crippen molar-refractivity contribution in [2.45, 2.75) is 12.8 Å². The zero-order valence-corrected chi connectivity index (χ0v) is 14.8. The van der Waals surface area contributed by atoms with Crippen LogP contribution in [0.1, 0.15) is 23.3 Å². The van der Waals surface area contributed by atoms with E-state index >= 15 is 0 Å². The second kappa shape index (κ2) is 7.04. The maximum Gasteiger partial charge on any atom is 0.272 e. The van der Waals surface area contributed by atoms with E-state index < -0.39 is 0 Å². The van der Waals surface area contributed by atoms with Crippen LogP contribution < -0.4 is 4.74 Å². The molecule has 1 amide bonds. The normalized spacial score (nSPS) is 13.8. The average Bonchev–Trinajstić information content (AvgIpc) is 3.38. The number of carbonyl (C=O) groups excluding carboxylic acids is 1. The van der Waals surface area contributed by atoms with Crippen molar-refractivity contribution in [1.29, 1.82) is 0 Å². The summed E-state index contributed by atoms with van der Waals surface area (Å²) in [6.07, 6.45) is 2.13. The van der Waals surface area contributed by atoms with Crippen molar-refractivity contribution in [3.63, 3.8) is 0 Å². The highest BCUT2D eigenvalue weighted by atomic mass is 16.5. The zero-order valence-electron chi connectivity index (χ0n) is 14.8. The summed E-state index contributed by atoms with van der Waals surface area (Å²) >= 11 is 0. The summed E-state index contributed by atoms with van der Waals surface area (Å²) in [5.74, 6) is 0.810. The van der Waals surface area contributed by atoms with Gasteiger partial charge in [0, 0.05) is 18.7 Å². The smallest absolute Gasteiger partial charge is 0.272 e. The van der Waals surface area contributed by atoms with Crippen LogP contribution in [0.3, 0.4) is 0 Å². The van der Waals surface area contributed by atoms with Gasteiger partial charge in [0.15, 0.2) is 0 Å². The predicted octanol–water partition coefficient (Wildman–Crippen LogP) is 3.78. The largest absolute Gasteiger partial charge is 0.497 e. The maximum atomic E-state index is 13.0. The van der Waals surface area contributed by atoms with Crippen molar-refractivity contribution in [2.75, 3.05) is 20.2 Å². The fourth-order valence-corrected chi connectivity index (χ4v) is 3.29. The van der Waals surface area contributed by atoms with Crippen molar-refractivity contribution in [3.05, 3.63) is 66.4 Å². The van der Waals surface area contributed by atoms with Gasteiger partial charge in [-0.15, -0.1) is 0 Å². The van der Waals surface area contributed by atoms with E-state index in [0.29, 0.717) is 5.69 Å². The molecular weight excluding hydrogens is 326 g/mol. The van der Waals surface area contributed by atoms with Crippen molar-refractivity contribution < 1.29 is 9.53 Å². The molecule has 0 saturated carbocycles. The molecule has 1 fully saturated rings. The third kappa shape index (κ3) is 3.08. The Morgan fingerprint density at radius 2 is 1.69 bits per heavy atom. The molecule has 0 bridgehead atoms. The summed E-state index contributed by atoms with van der Waals surface area (Å²) in [5, 5.41) is 4.73. The van der Waals surface area contributed by atoms with E-state index in [2.05, 4.69) is 0 Å². The molecule has 2 aromatic carbocycles. The number of amides is 1. The molecular formula is C21H21N3O2. The van der Waals surface area contributed by atoms with E-state index in [0.717, 1.165) is 48.6 Å². The molecule has 1 aliphatic heterocycles. The molecule has 0 N–H and O–H groups in total. The lowest BCUT2D eigenvalue weighted by atomic mass is 10.1. The lowest BCUT2D eigenvalue weighted by molar-refractivity contribution is 0.0784. The first kappa shape index (κ1) is 16.4. The number of ether oxygens (including phenoxy) is 1. The Hall–Kier alpha value is -3.08. The second-order valence-electron chi connectivity index (χ2n) is 6.39. The van der Waals surface area contributed by atoms with Crippen LogP contribution in [0.15, 0.2) is 60.7 Å². The highest BCUT2D eigenvalue weighted by molar-refractivity contribution is 5.94. The molecule has 3 aromatic rings. The van der Waals surface area contributed by atoms with Crippen LogP contribution in [0.25, 0.3) is 16.9 Å². The number of likely N-dealkylation sites (tertiary alicyclic amines) is 1. The van der Waals surface area contributed by atoms with E-state index in [1.54, 1.807) is 11.8 Å². The Balaban J connectivity index is 1.79. The van der Waals surface area contributed by atoms with E-state index in [1.165, 1.54) is 0 Å². The number of aromatic nitrogens is 2. The summed E-state index contributed by atoms with van der Waals surface area (Å²) < 4.78 is 6.97.